The predicted molar refractivity (Wildman–Crippen MR) is 57.3 cm³/mol. The molecule has 0 spiro atoms. The Kier molecular flexibility index (Phi) is 6.55. The van der Waals surface area contributed by atoms with Gasteiger partial charge in [0.15, 0.2) is 0 Å². The maximum absolute atomic E-state index is 11.4. The van der Waals surface area contributed by atoms with Crippen molar-refractivity contribution < 1.29 is 8.95 Å². The Morgan fingerprint density at radius 2 is 2.00 bits per heavy atom. The lowest BCUT2D eigenvalue weighted by atomic mass is 10.1. The zero-order valence-corrected chi connectivity index (χ0v) is 9.65. The van der Waals surface area contributed by atoms with Gasteiger partial charge in [0.2, 0.25) is 0 Å². The second kappa shape index (κ2) is 6.51. The van der Waals surface area contributed by atoms with Gasteiger partial charge in [-0.2, -0.15) is 0 Å². The van der Waals surface area contributed by atoms with E-state index < -0.39 is 10.8 Å². The van der Waals surface area contributed by atoms with Gasteiger partial charge in [-0.25, -0.2) is 0 Å². The van der Waals surface area contributed by atoms with Gasteiger partial charge in [-0.1, -0.05) is 6.92 Å². The molecule has 0 aliphatic carbocycles. The molecule has 0 fully saturated rings. The lowest BCUT2D eigenvalue weighted by Crippen LogP contribution is -2.38. The molecule has 0 radical (unpaired) electrons. The fourth-order valence-electron chi connectivity index (χ4n) is 0.885. The first-order valence-corrected chi connectivity index (χ1v) is 6.16. The van der Waals surface area contributed by atoms with Crippen molar-refractivity contribution >= 4 is 10.8 Å². The van der Waals surface area contributed by atoms with Crippen LogP contribution in [0, 0.1) is 0 Å². The van der Waals surface area contributed by atoms with E-state index in [1.54, 1.807) is 0 Å². The average Bonchev–Trinajstić information content (AvgIpc) is 1.94. The quantitative estimate of drug-likeness (QED) is 0.631. The molecule has 1 unspecified atom stereocenters. The summed E-state index contributed by atoms with van der Waals surface area (Å²) in [7, 11) is -0.843. The molecular weight excluding hydrogens is 186 g/mol. The molecule has 1 atom stereocenters. The van der Waals surface area contributed by atoms with Crippen molar-refractivity contribution in [3.05, 3.63) is 0 Å². The molecule has 2 N–H and O–H groups in total. The van der Waals surface area contributed by atoms with Crippen molar-refractivity contribution in [3.8, 4) is 0 Å². The number of rotatable bonds is 7. The molecule has 80 valence electrons. The topological polar surface area (TPSA) is 52.3 Å². The summed E-state index contributed by atoms with van der Waals surface area (Å²) in [5.74, 6) is 1.14. The molecular formula is C9H21NO2S. The minimum Gasteiger partial charge on any atom is -0.381 e. The van der Waals surface area contributed by atoms with E-state index in [4.69, 9.17) is 10.5 Å². The molecule has 0 aliphatic rings. The molecule has 0 saturated carbocycles. The summed E-state index contributed by atoms with van der Waals surface area (Å²) in [4.78, 5) is 0. The summed E-state index contributed by atoms with van der Waals surface area (Å²) in [5, 5.41) is 0. The first-order valence-electron chi connectivity index (χ1n) is 4.67. The summed E-state index contributed by atoms with van der Waals surface area (Å²) in [5.41, 5.74) is 5.40. The Hall–Kier alpha value is 0.0700. The van der Waals surface area contributed by atoms with Gasteiger partial charge in [-0.05, 0) is 20.3 Å². The summed E-state index contributed by atoms with van der Waals surface area (Å²) < 4.78 is 16.6. The van der Waals surface area contributed by atoms with E-state index >= 15 is 0 Å². The molecule has 4 heteroatoms. The Morgan fingerprint density at radius 1 is 1.38 bits per heavy atom. The maximum atomic E-state index is 11.4. The van der Waals surface area contributed by atoms with Gasteiger partial charge in [-0.15, -0.1) is 0 Å². The lowest BCUT2D eigenvalue weighted by Gasteiger charge is -2.17. The number of ether oxygens (including phenoxy) is 1. The Morgan fingerprint density at radius 3 is 2.46 bits per heavy atom. The first-order chi connectivity index (χ1) is 5.95. The van der Waals surface area contributed by atoms with E-state index in [-0.39, 0.29) is 5.54 Å². The zero-order valence-electron chi connectivity index (χ0n) is 8.84. The highest BCUT2D eigenvalue weighted by Crippen LogP contribution is 1.99. The Bertz CT molecular complexity index is 154. The van der Waals surface area contributed by atoms with Crippen molar-refractivity contribution in [1.29, 1.82) is 0 Å². The summed E-state index contributed by atoms with van der Waals surface area (Å²) in [6.07, 6.45) is 1.01. The second-order valence-corrected chi connectivity index (χ2v) is 5.47. The number of hydrogen-bond acceptors (Lipinski definition) is 3. The lowest BCUT2D eigenvalue weighted by molar-refractivity contribution is 0.150. The first kappa shape index (κ1) is 13.1. The van der Waals surface area contributed by atoms with E-state index in [0.717, 1.165) is 13.0 Å². The maximum Gasteiger partial charge on any atom is 0.0581 e. The second-order valence-electron chi connectivity index (χ2n) is 3.89. The largest absolute Gasteiger partial charge is 0.381 e. The highest BCUT2D eigenvalue weighted by molar-refractivity contribution is 7.85. The monoisotopic (exact) mass is 207 g/mol. The highest BCUT2D eigenvalue weighted by Gasteiger charge is 2.14. The van der Waals surface area contributed by atoms with Crippen LogP contribution in [0.5, 0.6) is 0 Å². The van der Waals surface area contributed by atoms with Crippen molar-refractivity contribution in [2.45, 2.75) is 32.7 Å². The van der Waals surface area contributed by atoms with E-state index in [1.807, 2.05) is 13.8 Å². The minimum atomic E-state index is -0.843. The van der Waals surface area contributed by atoms with E-state index in [2.05, 4.69) is 6.92 Å². The standard InChI is InChI=1S/C9H21NO2S/c1-4-5-12-6-7-13(11)8-9(2,3)10/h4-8,10H2,1-3H3. The van der Waals surface area contributed by atoms with E-state index in [1.165, 1.54) is 0 Å². The molecule has 3 nitrogen and oxygen atoms in total. The van der Waals surface area contributed by atoms with Gasteiger partial charge in [0.25, 0.3) is 0 Å². The van der Waals surface area contributed by atoms with Crippen molar-refractivity contribution in [3.63, 3.8) is 0 Å². The molecule has 0 aromatic carbocycles. The van der Waals surface area contributed by atoms with Gasteiger partial charge < -0.3 is 10.5 Å². The molecule has 0 aromatic heterocycles. The van der Waals surface area contributed by atoms with Crippen molar-refractivity contribution in [2.75, 3.05) is 24.7 Å². The molecule has 0 saturated heterocycles. The van der Waals surface area contributed by atoms with Gasteiger partial charge >= 0.3 is 0 Å². The smallest absolute Gasteiger partial charge is 0.0581 e. The predicted octanol–water partition coefficient (Wildman–Crippen LogP) is 0.899. The minimum absolute atomic E-state index is 0.338. The Balaban J connectivity index is 3.41. The van der Waals surface area contributed by atoms with Gasteiger partial charge in [0.1, 0.15) is 0 Å². The van der Waals surface area contributed by atoms with Crippen LogP contribution in [0.25, 0.3) is 0 Å². The van der Waals surface area contributed by atoms with Crippen LogP contribution in [-0.4, -0.2) is 34.5 Å². The molecule has 0 bridgehead atoms. The third-order valence-corrected chi connectivity index (χ3v) is 3.02. The van der Waals surface area contributed by atoms with Gasteiger partial charge in [-0.3, -0.25) is 4.21 Å². The number of hydrogen-bond donors (Lipinski definition) is 1. The normalized spacial score (nSPS) is 14.5. The summed E-state index contributed by atoms with van der Waals surface area (Å²) in [6.45, 7) is 7.16. The van der Waals surface area contributed by atoms with Crippen LogP contribution in [0.1, 0.15) is 27.2 Å². The van der Waals surface area contributed by atoms with Gasteiger partial charge in [0.05, 0.1) is 6.61 Å². The third-order valence-electron chi connectivity index (χ3n) is 1.34. The van der Waals surface area contributed by atoms with Crippen LogP contribution in [0.15, 0.2) is 0 Å². The molecule has 0 rings (SSSR count). The molecule has 0 heterocycles. The fourth-order valence-corrected chi connectivity index (χ4v) is 2.16. The van der Waals surface area contributed by atoms with Gasteiger partial charge in [0, 0.05) is 34.5 Å². The van der Waals surface area contributed by atoms with E-state index in [0.29, 0.717) is 18.1 Å². The molecule has 0 aliphatic heterocycles. The van der Waals surface area contributed by atoms with Crippen molar-refractivity contribution in [1.82, 2.24) is 0 Å². The number of nitrogens with two attached hydrogens (primary N) is 1. The van der Waals surface area contributed by atoms with Crippen LogP contribution in [0.2, 0.25) is 0 Å². The molecule has 0 amide bonds. The van der Waals surface area contributed by atoms with Crippen LogP contribution in [-0.2, 0) is 15.5 Å². The highest BCUT2D eigenvalue weighted by atomic mass is 32.2. The summed E-state index contributed by atoms with van der Waals surface area (Å²) >= 11 is 0. The summed E-state index contributed by atoms with van der Waals surface area (Å²) in [6, 6.07) is 0. The average molecular weight is 207 g/mol. The molecule has 0 aromatic rings. The Labute approximate surface area is 83.5 Å². The van der Waals surface area contributed by atoms with Crippen molar-refractivity contribution in [2.24, 2.45) is 5.73 Å². The third kappa shape index (κ3) is 9.99. The van der Waals surface area contributed by atoms with Crippen LogP contribution in [0.3, 0.4) is 0 Å². The zero-order chi connectivity index (χ0) is 10.3. The van der Waals surface area contributed by atoms with Crippen LogP contribution >= 0.6 is 0 Å². The van der Waals surface area contributed by atoms with E-state index in [9.17, 15) is 4.21 Å². The van der Waals surface area contributed by atoms with Crippen LogP contribution < -0.4 is 5.73 Å². The molecule has 13 heavy (non-hydrogen) atoms. The van der Waals surface area contributed by atoms with Crippen LogP contribution in [0.4, 0.5) is 0 Å². The SMILES string of the molecule is CCCOCCS(=O)CC(C)(C)N. The fraction of sp³-hybridized carbons (Fsp3) is 1.00.